The van der Waals surface area contributed by atoms with E-state index in [0.29, 0.717) is 0 Å². The molecule has 1 aromatic rings. The summed E-state index contributed by atoms with van der Waals surface area (Å²) in [5.41, 5.74) is 0. The molecule has 0 bridgehead atoms. The molecule has 0 aromatic heterocycles. The zero-order chi connectivity index (χ0) is 7.23. The molecule has 2 heteroatoms. The number of rotatable bonds is 3. The van der Waals surface area contributed by atoms with Crippen LogP contribution < -0.4 is 24.2 Å². The summed E-state index contributed by atoms with van der Waals surface area (Å²) in [6.07, 6.45) is 2.56. The van der Waals surface area contributed by atoms with Crippen LogP contribution in [0, 0.1) is 0 Å². The molecular weight excluding hydrogens is 146 g/mol. The fourth-order valence-electron chi connectivity index (χ4n) is 0.774. The summed E-state index contributed by atoms with van der Waals surface area (Å²) in [4.78, 5) is 0. The van der Waals surface area contributed by atoms with Gasteiger partial charge in [-0.1, -0.05) is 43.7 Å². The number of hydrogen-bond acceptors (Lipinski definition) is 0. The Balaban J connectivity index is 0.000001000. The van der Waals surface area contributed by atoms with E-state index < -0.39 is 0 Å². The van der Waals surface area contributed by atoms with Crippen LogP contribution in [0.15, 0.2) is 30.3 Å². The van der Waals surface area contributed by atoms with E-state index in [0.717, 1.165) is 0 Å². The number of hydrogen-bond donors (Lipinski definition) is 0. The molecule has 0 aliphatic heterocycles. The molecule has 0 spiro atoms. The standard InChI is InChI=1S/C9H12P.Li/c1-2-8-10-9-6-4-3-5-7-9;/h3-7H,2,8H2,1H3;/q-1;+1. The molecule has 0 atom stereocenters. The fourth-order valence-corrected chi connectivity index (χ4v) is 1.64. The van der Waals surface area contributed by atoms with Crippen LogP contribution in [-0.2, 0) is 0 Å². The first-order valence-electron chi connectivity index (χ1n) is 3.66. The van der Waals surface area contributed by atoms with Crippen LogP contribution in [0.2, 0.25) is 0 Å². The zero-order valence-corrected chi connectivity index (χ0v) is 8.14. The molecular formula is C9H12LiP. The second-order valence-corrected chi connectivity index (χ2v) is 3.50. The summed E-state index contributed by atoms with van der Waals surface area (Å²) in [7, 11) is 1.46. The fraction of sp³-hybridized carbons (Fsp3) is 0.333. The Morgan fingerprint density at radius 1 is 1.18 bits per heavy atom. The van der Waals surface area contributed by atoms with Crippen LogP contribution in [0.4, 0.5) is 0 Å². The van der Waals surface area contributed by atoms with Crippen molar-refractivity contribution in [3.05, 3.63) is 30.3 Å². The predicted octanol–water partition coefficient (Wildman–Crippen LogP) is -0.328. The molecule has 0 heterocycles. The minimum Gasteiger partial charge on any atom is -0.506 e. The molecule has 54 valence electrons. The van der Waals surface area contributed by atoms with Crippen molar-refractivity contribution in [2.45, 2.75) is 13.3 Å². The minimum absolute atomic E-state index is 0. The van der Waals surface area contributed by atoms with E-state index in [4.69, 9.17) is 0 Å². The summed E-state index contributed by atoms with van der Waals surface area (Å²) in [5, 5.41) is 1.43. The van der Waals surface area contributed by atoms with Gasteiger partial charge in [0.25, 0.3) is 0 Å². The average molecular weight is 158 g/mol. The van der Waals surface area contributed by atoms with Gasteiger partial charge < -0.3 is 8.58 Å². The Bertz CT molecular complexity index is 174. The van der Waals surface area contributed by atoms with Crippen LogP contribution in [-0.4, -0.2) is 6.16 Å². The van der Waals surface area contributed by atoms with E-state index in [1.54, 1.807) is 0 Å². The van der Waals surface area contributed by atoms with Crippen molar-refractivity contribution < 1.29 is 18.9 Å². The molecule has 0 fully saturated rings. The van der Waals surface area contributed by atoms with Gasteiger partial charge in [-0.15, -0.1) is 0 Å². The maximum atomic E-state index is 2.22. The summed E-state index contributed by atoms with van der Waals surface area (Å²) in [5.74, 6) is 0. The maximum absolute atomic E-state index is 2.22. The van der Waals surface area contributed by atoms with Gasteiger partial charge in [-0.2, -0.15) is 6.16 Å². The first-order chi connectivity index (χ1) is 4.93. The first-order valence-corrected chi connectivity index (χ1v) is 4.74. The third-order valence-electron chi connectivity index (χ3n) is 1.27. The summed E-state index contributed by atoms with van der Waals surface area (Å²) < 4.78 is 0. The molecule has 11 heavy (non-hydrogen) atoms. The smallest absolute Gasteiger partial charge is 0.506 e. The third kappa shape index (κ3) is 4.65. The van der Waals surface area contributed by atoms with Gasteiger partial charge in [-0.05, 0) is 0 Å². The molecule has 1 rings (SSSR count). The van der Waals surface area contributed by atoms with Gasteiger partial charge in [0.2, 0.25) is 0 Å². The summed E-state index contributed by atoms with van der Waals surface area (Å²) >= 11 is 0. The van der Waals surface area contributed by atoms with Gasteiger partial charge in [0.1, 0.15) is 0 Å². The molecule has 0 saturated carbocycles. The van der Waals surface area contributed by atoms with Crippen LogP contribution in [0.1, 0.15) is 13.3 Å². The average Bonchev–Trinajstić information content (AvgIpc) is 2.03. The van der Waals surface area contributed by atoms with Crippen molar-refractivity contribution in [3.63, 3.8) is 0 Å². The quantitative estimate of drug-likeness (QED) is 0.417. The topological polar surface area (TPSA) is 0 Å². The Kier molecular flexibility index (Phi) is 7.08. The van der Waals surface area contributed by atoms with Crippen molar-refractivity contribution >= 4 is 13.9 Å². The van der Waals surface area contributed by atoms with E-state index in [1.807, 2.05) is 0 Å². The van der Waals surface area contributed by atoms with Gasteiger partial charge >= 0.3 is 18.9 Å². The van der Waals surface area contributed by atoms with E-state index in [1.165, 1.54) is 26.5 Å². The third-order valence-corrected chi connectivity index (χ3v) is 2.61. The molecule has 0 N–H and O–H groups in total. The van der Waals surface area contributed by atoms with Crippen molar-refractivity contribution in [1.29, 1.82) is 0 Å². The Labute approximate surface area is 82.7 Å². The van der Waals surface area contributed by atoms with Crippen LogP contribution in [0.25, 0.3) is 0 Å². The minimum atomic E-state index is 0. The molecule has 0 nitrogen and oxygen atoms in total. The van der Waals surface area contributed by atoms with Gasteiger partial charge in [-0.25, -0.2) is 5.30 Å². The second kappa shape index (κ2) is 6.93. The Morgan fingerprint density at radius 3 is 2.36 bits per heavy atom. The molecule has 1 aromatic carbocycles. The monoisotopic (exact) mass is 158 g/mol. The predicted molar refractivity (Wildman–Crippen MR) is 48.2 cm³/mol. The van der Waals surface area contributed by atoms with E-state index >= 15 is 0 Å². The van der Waals surface area contributed by atoms with Crippen molar-refractivity contribution in [3.8, 4) is 0 Å². The molecule has 0 radical (unpaired) electrons. The first kappa shape index (κ1) is 11.2. The molecule has 0 amide bonds. The van der Waals surface area contributed by atoms with Crippen molar-refractivity contribution in [1.82, 2.24) is 0 Å². The maximum Gasteiger partial charge on any atom is 1.00 e. The summed E-state index contributed by atoms with van der Waals surface area (Å²) in [6, 6.07) is 10.6. The molecule has 0 aliphatic carbocycles. The summed E-state index contributed by atoms with van der Waals surface area (Å²) in [6.45, 7) is 2.22. The van der Waals surface area contributed by atoms with Crippen LogP contribution in [0.5, 0.6) is 0 Å². The van der Waals surface area contributed by atoms with E-state index in [2.05, 4.69) is 37.3 Å². The van der Waals surface area contributed by atoms with Crippen molar-refractivity contribution in [2.75, 3.05) is 6.16 Å². The number of benzene rings is 1. The molecule has 0 unspecified atom stereocenters. The zero-order valence-electron chi connectivity index (χ0n) is 7.25. The SMILES string of the molecule is CCC[P-]c1ccccc1.[Li+]. The van der Waals surface area contributed by atoms with Gasteiger partial charge in [0.15, 0.2) is 0 Å². The normalized spacial score (nSPS) is 9.91. The second-order valence-electron chi connectivity index (χ2n) is 2.22. The van der Waals surface area contributed by atoms with Gasteiger partial charge in [0, 0.05) is 0 Å². The van der Waals surface area contributed by atoms with E-state index in [9.17, 15) is 0 Å². The van der Waals surface area contributed by atoms with Crippen LogP contribution >= 0.6 is 8.58 Å². The molecule has 0 saturated heterocycles. The van der Waals surface area contributed by atoms with E-state index in [-0.39, 0.29) is 18.9 Å². The Morgan fingerprint density at radius 2 is 1.82 bits per heavy atom. The van der Waals surface area contributed by atoms with Gasteiger partial charge in [-0.3, -0.25) is 0 Å². The van der Waals surface area contributed by atoms with Crippen molar-refractivity contribution in [2.24, 2.45) is 0 Å². The van der Waals surface area contributed by atoms with Gasteiger partial charge in [0.05, 0.1) is 0 Å². The Hall–Kier alpha value is 0.247. The molecule has 0 aliphatic rings. The van der Waals surface area contributed by atoms with Crippen LogP contribution in [0.3, 0.4) is 0 Å². The largest absolute Gasteiger partial charge is 1.00 e.